The summed E-state index contributed by atoms with van der Waals surface area (Å²) < 4.78 is 83.3. The Balaban J connectivity index is 1.41. The van der Waals surface area contributed by atoms with Crippen molar-refractivity contribution < 1.29 is 55.3 Å². The number of carboxylic acid groups (broad SMARTS) is 1. The second-order valence-electron chi connectivity index (χ2n) is 17.3. The molecule has 2 saturated carbocycles. The van der Waals surface area contributed by atoms with Gasteiger partial charge in [-0.15, -0.1) is 0 Å². The van der Waals surface area contributed by atoms with Crippen LogP contribution >= 0.6 is 0 Å². The van der Waals surface area contributed by atoms with Gasteiger partial charge in [-0.1, -0.05) is 26.0 Å². The van der Waals surface area contributed by atoms with Gasteiger partial charge in [0.1, 0.15) is 46.4 Å². The van der Waals surface area contributed by atoms with E-state index in [0.29, 0.717) is 42.4 Å². The summed E-state index contributed by atoms with van der Waals surface area (Å²) in [7, 11) is -4.47. The fraction of sp³-hybridized carbons (Fsp3) is 0.634. The number of sulfonamides is 1. The minimum absolute atomic E-state index is 0.00521. The first-order chi connectivity index (χ1) is 27.6. The number of halogens is 3. The van der Waals surface area contributed by atoms with E-state index >= 15 is 13.6 Å². The van der Waals surface area contributed by atoms with Gasteiger partial charge >= 0.3 is 6.09 Å². The van der Waals surface area contributed by atoms with E-state index in [0.717, 1.165) is 24.1 Å². The summed E-state index contributed by atoms with van der Waals surface area (Å²) in [6, 6.07) is 3.91. The van der Waals surface area contributed by atoms with Gasteiger partial charge in [0.25, 0.3) is 11.8 Å². The van der Waals surface area contributed by atoms with Crippen molar-refractivity contribution in [1.29, 1.82) is 0 Å². The monoisotopic (exact) mass is 849 g/mol. The van der Waals surface area contributed by atoms with Crippen LogP contribution in [-0.2, 0) is 24.4 Å². The Morgan fingerprint density at radius 2 is 1.85 bits per heavy atom. The SMILES string of the molecule is CCOc1ccc2c(O[C@@H]3C[C@H]4C(=O)N[C@]5(C(=O)NS(=O)(=O)C6(CF)CC6)C[C@H]5C=CCC[C@@H](C)C[C@@H](C)[C@H](N(C(=O)O)C(C)(C)C(C)(F)F)C(=O)N4C3)nccc2c1. The summed E-state index contributed by atoms with van der Waals surface area (Å²) in [6.45, 7) is 7.01. The average molecular weight is 850 g/mol. The van der Waals surface area contributed by atoms with E-state index in [1.165, 1.54) is 6.20 Å². The number of hydrogen-bond donors (Lipinski definition) is 3. The van der Waals surface area contributed by atoms with Crippen LogP contribution in [0.15, 0.2) is 42.6 Å². The highest BCUT2D eigenvalue weighted by Gasteiger charge is 2.64. The minimum Gasteiger partial charge on any atom is -0.494 e. The number of hydrogen-bond acceptors (Lipinski definition) is 9. The third kappa shape index (κ3) is 8.42. The molecule has 1 aromatic heterocycles. The van der Waals surface area contributed by atoms with E-state index in [1.54, 1.807) is 43.3 Å². The first kappa shape index (κ1) is 44.0. The summed E-state index contributed by atoms with van der Waals surface area (Å²) in [4.78, 5) is 62.8. The lowest BCUT2D eigenvalue weighted by atomic mass is 9.84. The van der Waals surface area contributed by atoms with Crippen molar-refractivity contribution in [3.8, 4) is 11.6 Å². The molecule has 4 aliphatic rings. The molecule has 6 rings (SSSR count). The number of rotatable bonds is 11. The van der Waals surface area contributed by atoms with Crippen molar-refractivity contribution in [1.82, 2.24) is 24.8 Å². The van der Waals surface area contributed by atoms with E-state index in [9.17, 15) is 32.3 Å². The number of aromatic nitrogens is 1. The first-order valence-corrected chi connectivity index (χ1v) is 21.6. The van der Waals surface area contributed by atoms with Gasteiger partial charge in [-0.05, 0) is 101 Å². The molecule has 2 aliphatic carbocycles. The number of pyridine rings is 1. The van der Waals surface area contributed by atoms with Gasteiger partial charge in [0, 0.05) is 30.8 Å². The number of fused-ring (bicyclic) bond motifs is 3. The molecule has 0 bridgehead atoms. The van der Waals surface area contributed by atoms with E-state index in [1.807, 2.05) is 18.6 Å². The number of ether oxygens (including phenoxy) is 2. The zero-order chi connectivity index (χ0) is 43.3. The summed E-state index contributed by atoms with van der Waals surface area (Å²) in [5, 5.41) is 14.6. The highest BCUT2D eigenvalue weighted by Crippen LogP contribution is 2.48. The Kier molecular flexibility index (Phi) is 12.0. The van der Waals surface area contributed by atoms with Gasteiger partial charge in [-0.3, -0.25) is 24.0 Å². The summed E-state index contributed by atoms with van der Waals surface area (Å²) in [5.74, 6) is -7.27. The molecule has 0 spiro atoms. The number of benzene rings is 1. The quantitative estimate of drug-likeness (QED) is 0.241. The second kappa shape index (κ2) is 16.1. The smallest absolute Gasteiger partial charge is 0.408 e. The van der Waals surface area contributed by atoms with Gasteiger partial charge in [0.2, 0.25) is 27.7 Å². The maximum atomic E-state index is 15.4. The number of amides is 4. The molecule has 3 heterocycles. The maximum Gasteiger partial charge on any atom is 0.408 e. The van der Waals surface area contributed by atoms with Crippen LogP contribution in [0.3, 0.4) is 0 Å². The second-order valence-corrected chi connectivity index (χ2v) is 19.4. The number of carbonyl (C=O) groups excluding carboxylic acids is 3. The Morgan fingerprint density at radius 1 is 1.14 bits per heavy atom. The maximum absolute atomic E-state index is 15.4. The van der Waals surface area contributed by atoms with Crippen LogP contribution < -0.4 is 19.5 Å². The van der Waals surface area contributed by atoms with Gasteiger partial charge in [0.15, 0.2) is 0 Å². The predicted molar refractivity (Wildman–Crippen MR) is 211 cm³/mol. The van der Waals surface area contributed by atoms with Crippen LogP contribution in [0, 0.1) is 17.8 Å². The minimum atomic E-state index is -4.47. The summed E-state index contributed by atoms with van der Waals surface area (Å²) in [6.07, 6.45) is 3.50. The Bertz CT molecular complexity index is 2110. The Labute approximate surface area is 342 Å². The van der Waals surface area contributed by atoms with Crippen LogP contribution in [-0.4, -0.2) is 112 Å². The van der Waals surface area contributed by atoms with Crippen LogP contribution in [0.25, 0.3) is 10.8 Å². The molecule has 0 radical (unpaired) electrons. The van der Waals surface area contributed by atoms with Gasteiger partial charge in [0.05, 0.1) is 13.2 Å². The van der Waals surface area contributed by atoms with Gasteiger partial charge in [-0.2, -0.15) is 0 Å². The standard InChI is InChI=1S/C41H54F3N5O9S/c1-7-57-28-12-13-30-26(19-28)14-17-45-34(30)58-29-20-31-33(50)46-41(36(52)47-59(55,56)40(23-42)15-16-40)21-27(41)11-9-8-10-24(2)18-25(3)32(35(51)48(31)22-29)49(37(53)54)38(4,5)39(6,43)44/h9,11-14,17,19,24-25,27,29,31-32H,7-8,10,15-16,18,20-23H2,1-6H3,(H,46,50)(H,47,52)(H,53,54)/t24-,25-,27-,29-,31+,32+,41-/m1/s1. The first-order valence-electron chi connectivity index (χ1n) is 20.1. The fourth-order valence-electron chi connectivity index (χ4n) is 8.45. The number of carbonyl (C=O) groups is 4. The molecule has 4 amide bonds. The normalized spacial score (nSPS) is 28.7. The lowest BCUT2D eigenvalue weighted by molar-refractivity contribution is -0.156. The third-order valence-electron chi connectivity index (χ3n) is 12.7. The highest BCUT2D eigenvalue weighted by molar-refractivity contribution is 7.91. The predicted octanol–water partition coefficient (Wildman–Crippen LogP) is 5.60. The molecule has 14 nitrogen and oxygen atoms in total. The molecule has 2 aliphatic heterocycles. The molecular formula is C41H54F3N5O9S. The largest absolute Gasteiger partial charge is 0.494 e. The zero-order valence-corrected chi connectivity index (χ0v) is 35.0. The molecule has 3 fully saturated rings. The highest BCUT2D eigenvalue weighted by atomic mass is 32.2. The zero-order valence-electron chi connectivity index (χ0n) is 34.2. The molecular weight excluding hydrogens is 796 g/mol. The topological polar surface area (TPSA) is 185 Å². The summed E-state index contributed by atoms with van der Waals surface area (Å²) in [5.41, 5.74) is -4.18. The molecule has 18 heteroatoms. The van der Waals surface area contributed by atoms with Crippen molar-refractivity contribution in [3.05, 3.63) is 42.6 Å². The van der Waals surface area contributed by atoms with Crippen molar-refractivity contribution >= 4 is 44.6 Å². The molecule has 0 unspecified atom stereocenters. The third-order valence-corrected chi connectivity index (χ3v) is 14.8. The molecule has 1 aromatic carbocycles. The number of allylic oxidation sites excluding steroid dienone is 1. The lowest BCUT2D eigenvalue weighted by Crippen LogP contribution is -2.66. The van der Waals surface area contributed by atoms with Crippen LogP contribution in [0.5, 0.6) is 11.6 Å². The summed E-state index contributed by atoms with van der Waals surface area (Å²) >= 11 is 0. The fourth-order valence-corrected chi connectivity index (χ4v) is 9.88. The number of nitrogens with zero attached hydrogens (tertiary/aromatic N) is 3. The lowest BCUT2D eigenvalue weighted by Gasteiger charge is -2.47. The molecule has 2 aromatic rings. The van der Waals surface area contributed by atoms with E-state index in [2.05, 4.69) is 10.3 Å². The molecule has 3 N–H and O–H groups in total. The van der Waals surface area contributed by atoms with Crippen molar-refractivity contribution in [2.45, 2.75) is 126 Å². The molecule has 1 saturated heterocycles. The van der Waals surface area contributed by atoms with E-state index < -0.39 is 92.3 Å². The molecule has 324 valence electrons. The Morgan fingerprint density at radius 3 is 2.47 bits per heavy atom. The molecule has 59 heavy (non-hydrogen) atoms. The van der Waals surface area contributed by atoms with Crippen LogP contribution in [0.1, 0.15) is 86.5 Å². The van der Waals surface area contributed by atoms with Crippen molar-refractivity contribution in [3.63, 3.8) is 0 Å². The van der Waals surface area contributed by atoms with E-state index in [4.69, 9.17) is 9.47 Å². The van der Waals surface area contributed by atoms with E-state index in [-0.39, 0.29) is 50.4 Å². The van der Waals surface area contributed by atoms with Crippen LogP contribution in [0.4, 0.5) is 18.0 Å². The Hall–Kier alpha value is -4.61. The van der Waals surface area contributed by atoms with Crippen molar-refractivity contribution in [2.24, 2.45) is 17.8 Å². The average Bonchev–Trinajstić information content (AvgIpc) is 4.06. The number of alkyl halides is 3. The van der Waals surface area contributed by atoms with Crippen molar-refractivity contribution in [2.75, 3.05) is 19.8 Å². The molecule has 7 atom stereocenters. The van der Waals surface area contributed by atoms with Gasteiger partial charge < -0.3 is 24.8 Å². The van der Waals surface area contributed by atoms with Crippen LogP contribution in [0.2, 0.25) is 0 Å². The van der Waals surface area contributed by atoms with Gasteiger partial charge in [-0.25, -0.2) is 31.4 Å². The number of nitrogens with one attached hydrogen (secondary N) is 2.